The van der Waals surface area contributed by atoms with E-state index in [0.29, 0.717) is 0 Å². The van der Waals surface area contributed by atoms with E-state index in [2.05, 4.69) is 137 Å². The molecule has 0 amide bonds. The highest BCUT2D eigenvalue weighted by Crippen LogP contribution is 2.48. The molecular weight excluding hydrogens is 621 g/mol. The van der Waals surface area contributed by atoms with Crippen molar-refractivity contribution in [3.63, 3.8) is 0 Å². The predicted molar refractivity (Wildman–Crippen MR) is 205 cm³/mol. The lowest BCUT2D eigenvalue weighted by Gasteiger charge is -2.32. The molecule has 0 nitrogen and oxygen atoms in total. The van der Waals surface area contributed by atoms with E-state index in [1.54, 1.807) is 0 Å². The summed E-state index contributed by atoms with van der Waals surface area (Å²) in [5.74, 6) is 0. The third kappa shape index (κ3) is 4.06. The summed E-state index contributed by atoms with van der Waals surface area (Å²) in [5.41, 5.74) is 5.36. The minimum atomic E-state index is -0.0980. The fourth-order valence-corrected chi connectivity index (χ4v) is 12.5. The average molecular weight is 653 g/mol. The highest BCUT2D eigenvalue weighted by atomic mass is 32.1. The molecule has 1 atom stereocenters. The van der Waals surface area contributed by atoms with Crippen molar-refractivity contribution in [2.24, 2.45) is 0 Å². The molecule has 0 saturated carbocycles. The van der Waals surface area contributed by atoms with Crippen LogP contribution in [-0.4, -0.2) is 0 Å². The molecule has 0 bridgehead atoms. The zero-order valence-electron chi connectivity index (χ0n) is 25.7. The summed E-state index contributed by atoms with van der Waals surface area (Å²) in [7, 11) is 0. The number of fused-ring (bicyclic) bond motifs is 10. The van der Waals surface area contributed by atoms with E-state index in [-0.39, 0.29) is 10.8 Å². The van der Waals surface area contributed by atoms with Gasteiger partial charge in [0.05, 0.1) is 18.8 Å². The Morgan fingerprint density at radius 2 is 0.822 bits per heavy atom. The fraction of sp³-hybridized carbons (Fsp3) is 0.171. The van der Waals surface area contributed by atoms with Crippen LogP contribution in [0.25, 0.3) is 59.1 Å². The zero-order chi connectivity index (χ0) is 30.5. The van der Waals surface area contributed by atoms with Gasteiger partial charge in [0.25, 0.3) is 0 Å². The number of benzene rings is 5. The van der Waals surface area contributed by atoms with Crippen molar-refractivity contribution in [1.29, 1.82) is 0 Å². The Bertz CT molecular complexity index is 2570. The molecule has 0 aliphatic rings. The monoisotopic (exact) mass is 652 g/mol. The average Bonchev–Trinajstić information content (AvgIpc) is 3.82. The number of rotatable bonds is 5. The van der Waals surface area contributed by atoms with Crippen LogP contribution in [0.15, 0.2) is 109 Å². The Morgan fingerprint density at radius 3 is 1.36 bits per heavy atom. The van der Waals surface area contributed by atoms with Crippen LogP contribution in [0.2, 0.25) is 0 Å². The standard InChI is InChI=1S/C41H32S4/c1-5-41(4,27-19-21-31-35(23-27)45-37-29-11-7-9-13-33(29)43-39(31)37)25-16-14-24(15-17-25)40(2,3)26-18-20-30-34(22-26)44-36-28-10-6-8-12-32(28)42-38(30)36/h6-23H,5H2,1-4H3. The van der Waals surface area contributed by atoms with Gasteiger partial charge in [-0.2, -0.15) is 0 Å². The quantitative estimate of drug-likeness (QED) is 0.174. The Balaban J connectivity index is 1.06. The Morgan fingerprint density at radius 1 is 0.422 bits per heavy atom. The molecule has 9 aromatic rings. The highest BCUT2D eigenvalue weighted by Gasteiger charge is 2.30. The van der Waals surface area contributed by atoms with E-state index in [0.717, 1.165) is 6.42 Å². The molecule has 4 aromatic heterocycles. The molecule has 5 aromatic carbocycles. The molecule has 0 aliphatic heterocycles. The van der Waals surface area contributed by atoms with Crippen molar-refractivity contribution in [2.75, 3.05) is 0 Å². The number of thiophene rings is 4. The maximum Gasteiger partial charge on any atom is 0.0542 e. The van der Waals surface area contributed by atoms with E-state index in [1.807, 2.05) is 45.3 Å². The molecule has 0 spiro atoms. The zero-order valence-corrected chi connectivity index (χ0v) is 29.0. The van der Waals surface area contributed by atoms with Crippen molar-refractivity contribution in [3.05, 3.63) is 131 Å². The topological polar surface area (TPSA) is 0 Å². The Kier molecular flexibility index (Phi) is 6.15. The van der Waals surface area contributed by atoms with Crippen molar-refractivity contribution in [3.8, 4) is 0 Å². The van der Waals surface area contributed by atoms with Crippen LogP contribution < -0.4 is 0 Å². The molecule has 220 valence electrons. The van der Waals surface area contributed by atoms with E-state index in [1.165, 1.54) is 81.4 Å². The molecular formula is C41H32S4. The first kappa shape index (κ1) is 27.7. The van der Waals surface area contributed by atoms with Crippen molar-refractivity contribution < 1.29 is 0 Å². The molecule has 0 aliphatic carbocycles. The van der Waals surface area contributed by atoms with Crippen LogP contribution in [0.3, 0.4) is 0 Å². The first-order valence-electron chi connectivity index (χ1n) is 15.6. The maximum absolute atomic E-state index is 2.47. The van der Waals surface area contributed by atoms with Gasteiger partial charge in [-0.1, -0.05) is 113 Å². The summed E-state index contributed by atoms with van der Waals surface area (Å²) in [5, 5.41) is 5.57. The molecule has 45 heavy (non-hydrogen) atoms. The summed E-state index contributed by atoms with van der Waals surface area (Å²) in [6, 6.07) is 41.5. The second kappa shape index (κ2) is 9.98. The fourth-order valence-electron chi connectivity index (χ4n) is 7.14. The van der Waals surface area contributed by atoms with Crippen molar-refractivity contribution >= 4 is 104 Å². The van der Waals surface area contributed by atoms with Gasteiger partial charge in [-0.25, -0.2) is 0 Å². The number of hydrogen-bond donors (Lipinski definition) is 0. The largest absolute Gasteiger partial charge is 0.134 e. The van der Waals surface area contributed by atoms with Crippen LogP contribution in [0, 0.1) is 0 Å². The Hall–Kier alpha value is -3.54. The molecule has 0 saturated heterocycles. The summed E-state index contributed by atoms with van der Waals surface area (Å²) in [4.78, 5) is 0. The molecule has 4 heteroatoms. The predicted octanol–water partition coefficient (Wildman–Crippen LogP) is 13.9. The van der Waals surface area contributed by atoms with E-state index >= 15 is 0 Å². The summed E-state index contributed by atoms with van der Waals surface area (Å²) in [6.45, 7) is 9.48. The van der Waals surface area contributed by atoms with Gasteiger partial charge in [0.15, 0.2) is 0 Å². The molecule has 9 rings (SSSR count). The van der Waals surface area contributed by atoms with Crippen molar-refractivity contribution in [1.82, 2.24) is 0 Å². The van der Waals surface area contributed by atoms with Gasteiger partial charge < -0.3 is 0 Å². The van der Waals surface area contributed by atoms with Crippen LogP contribution in [0.4, 0.5) is 0 Å². The minimum absolute atomic E-state index is 0.0548. The summed E-state index contributed by atoms with van der Waals surface area (Å²) >= 11 is 7.75. The third-order valence-electron chi connectivity index (χ3n) is 10.3. The van der Waals surface area contributed by atoms with Crippen molar-refractivity contribution in [2.45, 2.75) is 44.9 Å². The molecule has 0 radical (unpaired) electrons. The van der Waals surface area contributed by atoms with Crippen LogP contribution >= 0.6 is 45.3 Å². The third-order valence-corrected chi connectivity index (χ3v) is 15.3. The molecule has 1 unspecified atom stereocenters. The minimum Gasteiger partial charge on any atom is -0.134 e. The smallest absolute Gasteiger partial charge is 0.0542 e. The second-order valence-corrected chi connectivity index (χ2v) is 17.2. The van der Waals surface area contributed by atoms with E-state index < -0.39 is 0 Å². The maximum atomic E-state index is 2.47. The van der Waals surface area contributed by atoms with E-state index in [4.69, 9.17) is 0 Å². The van der Waals surface area contributed by atoms with Gasteiger partial charge in [-0.3, -0.25) is 0 Å². The van der Waals surface area contributed by atoms with Gasteiger partial charge in [-0.15, -0.1) is 45.3 Å². The normalized spacial score (nSPS) is 14.0. The summed E-state index contributed by atoms with van der Waals surface area (Å²) in [6.07, 6.45) is 1.05. The Labute approximate surface area is 279 Å². The van der Waals surface area contributed by atoms with Gasteiger partial charge in [-0.05, 0) is 52.9 Å². The SMILES string of the molecule is CCC(C)(c1ccc(C(C)(C)c2ccc3c(c2)sc2c4ccccc4sc32)cc1)c1ccc2c(c1)sc1c3ccccc3sc21. The lowest BCUT2D eigenvalue weighted by molar-refractivity contribution is 0.549. The summed E-state index contributed by atoms with van der Waals surface area (Å²) < 4.78 is 11.3. The van der Waals surface area contributed by atoms with Gasteiger partial charge in [0, 0.05) is 51.2 Å². The first-order valence-corrected chi connectivity index (χ1v) is 18.9. The lowest BCUT2D eigenvalue weighted by Crippen LogP contribution is -2.23. The van der Waals surface area contributed by atoms with Crippen LogP contribution in [-0.2, 0) is 10.8 Å². The molecule has 0 fully saturated rings. The second-order valence-electron chi connectivity index (χ2n) is 13.0. The number of hydrogen-bond acceptors (Lipinski definition) is 4. The molecule has 4 heterocycles. The lowest BCUT2D eigenvalue weighted by atomic mass is 9.72. The highest BCUT2D eigenvalue weighted by molar-refractivity contribution is 7.37. The molecule has 0 N–H and O–H groups in total. The van der Waals surface area contributed by atoms with Crippen LogP contribution in [0.5, 0.6) is 0 Å². The van der Waals surface area contributed by atoms with E-state index in [9.17, 15) is 0 Å². The van der Waals surface area contributed by atoms with Gasteiger partial charge >= 0.3 is 0 Å². The van der Waals surface area contributed by atoms with Gasteiger partial charge in [0.1, 0.15) is 0 Å². The first-order chi connectivity index (χ1) is 21.8. The van der Waals surface area contributed by atoms with Gasteiger partial charge in [0.2, 0.25) is 0 Å². The van der Waals surface area contributed by atoms with Crippen LogP contribution in [0.1, 0.15) is 56.4 Å².